The molecule has 1 amide bonds. The van der Waals surface area contributed by atoms with Crippen molar-refractivity contribution in [3.8, 4) is 0 Å². The number of rotatable bonds is 5. The number of hydrogen-bond donors (Lipinski definition) is 1. The molecule has 1 rings (SSSR count). The Morgan fingerprint density at radius 3 is 2.40 bits per heavy atom. The van der Waals surface area contributed by atoms with Gasteiger partial charge in [-0.25, -0.2) is 8.42 Å². The summed E-state index contributed by atoms with van der Waals surface area (Å²) >= 11 is 0. The lowest BCUT2D eigenvalue weighted by Crippen LogP contribution is -2.43. The third-order valence-corrected chi connectivity index (χ3v) is 5.35. The van der Waals surface area contributed by atoms with Gasteiger partial charge in [0.05, 0.1) is 0 Å². The van der Waals surface area contributed by atoms with Crippen molar-refractivity contribution in [1.82, 2.24) is 9.80 Å². The summed E-state index contributed by atoms with van der Waals surface area (Å²) in [6, 6.07) is 0. The molecule has 7 heteroatoms. The molecule has 0 aromatic rings. The van der Waals surface area contributed by atoms with Crippen molar-refractivity contribution in [3.63, 3.8) is 0 Å². The van der Waals surface area contributed by atoms with Crippen molar-refractivity contribution in [2.75, 3.05) is 45.5 Å². The van der Waals surface area contributed by atoms with Crippen molar-refractivity contribution < 1.29 is 13.2 Å². The van der Waals surface area contributed by atoms with Gasteiger partial charge in [-0.2, -0.15) is 0 Å². The normalized spacial score (nSPS) is 21.3. The SMILES string of the molecule is CC(CN)CN1CCCN(C(=O)C(C)S(C)(=O)=O)CC1. The minimum absolute atomic E-state index is 0.277. The van der Waals surface area contributed by atoms with Crippen LogP contribution in [0.3, 0.4) is 0 Å². The van der Waals surface area contributed by atoms with E-state index in [4.69, 9.17) is 5.73 Å². The Hall–Kier alpha value is -0.660. The number of carbonyl (C=O) groups is 1. The maximum atomic E-state index is 12.2. The molecule has 0 radical (unpaired) electrons. The van der Waals surface area contributed by atoms with Crippen LogP contribution in [0.1, 0.15) is 20.3 Å². The van der Waals surface area contributed by atoms with Gasteiger partial charge >= 0.3 is 0 Å². The summed E-state index contributed by atoms with van der Waals surface area (Å²) in [5.74, 6) is 0.161. The summed E-state index contributed by atoms with van der Waals surface area (Å²) in [6.45, 7) is 8.11. The highest BCUT2D eigenvalue weighted by Crippen LogP contribution is 2.10. The maximum Gasteiger partial charge on any atom is 0.240 e. The van der Waals surface area contributed by atoms with Crippen LogP contribution in [0.15, 0.2) is 0 Å². The molecule has 1 heterocycles. The minimum atomic E-state index is -3.32. The summed E-state index contributed by atoms with van der Waals surface area (Å²) < 4.78 is 23.0. The van der Waals surface area contributed by atoms with Crippen LogP contribution in [0, 0.1) is 5.92 Å². The first-order valence-electron chi connectivity index (χ1n) is 7.15. The summed E-state index contributed by atoms with van der Waals surface area (Å²) in [7, 11) is -3.32. The highest BCUT2D eigenvalue weighted by atomic mass is 32.2. The Labute approximate surface area is 122 Å². The minimum Gasteiger partial charge on any atom is -0.340 e. The van der Waals surface area contributed by atoms with Crippen LogP contribution in [0.2, 0.25) is 0 Å². The summed E-state index contributed by atoms with van der Waals surface area (Å²) in [6.07, 6.45) is 1.99. The average molecular weight is 305 g/mol. The van der Waals surface area contributed by atoms with Crippen molar-refractivity contribution in [2.45, 2.75) is 25.5 Å². The Balaban J connectivity index is 2.58. The summed E-state index contributed by atoms with van der Waals surface area (Å²) in [5.41, 5.74) is 5.63. The molecule has 2 unspecified atom stereocenters. The Bertz CT molecular complexity index is 425. The van der Waals surface area contributed by atoms with Gasteiger partial charge in [-0.3, -0.25) is 4.79 Å². The zero-order valence-electron chi connectivity index (χ0n) is 12.7. The Morgan fingerprint density at radius 1 is 1.20 bits per heavy atom. The van der Waals surface area contributed by atoms with Crippen molar-refractivity contribution in [1.29, 1.82) is 0 Å². The predicted molar refractivity (Wildman–Crippen MR) is 80.2 cm³/mol. The van der Waals surface area contributed by atoms with Gasteiger partial charge in [-0.05, 0) is 32.4 Å². The molecular formula is C13H27N3O3S. The largest absolute Gasteiger partial charge is 0.340 e. The molecule has 20 heavy (non-hydrogen) atoms. The van der Waals surface area contributed by atoms with E-state index in [0.29, 0.717) is 25.6 Å². The van der Waals surface area contributed by atoms with E-state index in [1.807, 2.05) is 0 Å². The molecule has 0 aromatic heterocycles. The molecule has 118 valence electrons. The van der Waals surface area contributed by atoms with Gasteiger partial charge in [0, 0.05) is 32.4 Å². The maximum absolute atomic E-state index is 12.2. The second kappa shape index (κ2) is 7.38. The van der Waals surface area contributed by atoms with E-state index in [0.717, 1.165) is 32.3 Å². The van der Waals surface area contributed by atoms with Crippen LogP contribution in [0.4, 0.5) is 0 Å². The zero-order chi connectivity index (χ0) is 15.3. The van der Waals surface area contributed by atoms with Crippen molar-refractivity contribution >= 4 is 15.7 Å². The molecular weight excluding hydrogens is 278 g/mol. The van der Waals surface area contributed by atoms with Crippen LogP contribution in [-0.2, 0) is 14.6 Å². The second-order valence-electron chi connectivity index (χ2n) is 5.79. The van der Waals surface area contributed by atoms with Crippen LogP contribution < -0.4 is 5.73 Å². The third kappa shape index (κ3) is 5.03. The molecule has 1 aliphatic rings. The first-order valence-corrected chi connectivity index (χ1v) is 9.11. The number of sulfone groups is 1. The lowest BCUT2D eigenvalue weighted by Gasteiger charge is -2.25. The van der Waals surface area contributed by atoms with Crippen molar-refractivity contribution in [2.24, 2.45) is 11.7 Å². The van der Waals surface area contributed by atoms with Gasteiger partial charge in [-0.1, -0.05) is 6.92 Å². The lowest BCUT2D eigenvalue weighted by molar-refractivity contribution is -0.130. The topological polar surface area (TPSA) is 83.7 Å². The quantitative estimate of drug-likeness (QED) is 0.744. The third-order valence-electron chi connectivity index (χ3n) is 3.86. The predicted octanol–water partition coefficient (Wildman–Crippen LogP) is -0.451. The standard InChI is InChI=1S/C13H27N3O3S/c1-11(9-14)10-15-5-4-6-16(8-7-15)13(17)12(2)20(3,18)19/h11-12H,4-10,14H2,1-3H3. The van der Waals surface area contributed by atoms with Crippen molar-refractivity contribution in [3.05, 3.63) is 0 Å². The zero-order valence-corrected chi connectivity index (χ0v) is 13.5. The van der Waals surface area contributed by atoms with Crippen LogP contribution >= 0.6 is 0 Å². The summed E-state index contributed by atoms with van der Waals surface area (Å²) in [4.78, 5) is 16.2. The number of nitrogens with zero attached hydrogens (tertiary/aromatic N) is 2. The van der Waals surface area contributed by atoms with Gasteiger partial charge in [-0.15, -0.1) is 0 Å². The highest BCUT2D eigenvalue weighted by Gasteiger charge is 2.29. The van der Waals surface area contributed by atoms with E-state index in [-0.39, 0.29) is 5.91 Å². The Kier molecular flexibility index (Phi) is 6.42. The molecule has 2 N–H and O–H groups in total. The van der Waals surface area contributed by atoms with Gasteiger partial charge in [0.2, 0.25) is 5.91 Å². The lowest BCUT2D eigenvalue weighted by atomic mass is 10.1. The van der Waals surface area contributed by atoms with E-state index in [2.05, 4.69) is 11.8 Å². The van der Waals surface area contributed by atoms with Gasteiger partial charge in [0.25, 0.3) is 0 Å². The molecule has 0 bridgehead atoms. The van der Waals surface area contributed by atoms with Crippen LogP contribution in [0.25, 0.3) is 0 Å². The Morgan fingerprint density at radius 2 is 1.85 bits per heavy atom. The van der Waals surface area contributed by atoms with E-state index in [1.54, 1.807) is 4.90 Å². The van der Waals surface area contributed by atoms with E-state index in [9.17, 15) is 13.2 Å². The van der Waals surface area contributed by atoms with Crippen LogP contribution in [0.5, 0.6) is 0 Å². The molecule has 1 fully saturated rings. The van der Waals surface area contributed by atoms with Crippen LogP contribution in [-0.4, -0.2) is 74.9 Å². The van der Waals surface area contributed by atoms with Gasteiger partial charge in [0.1, 0.15) is 5.25 Å². The summed E-state index contributed by atoms with van der Waals surface area (Å²) in [5, 5.41) is -0.947. The number of amides is 1. The second-order valence-corrected chi connectivity index (χ2v) is 8.16. The monoisotopic (exact) mass is 305 g/mol. The first kappa shape index (κ1) is 17.4. The number of nitrogens with two attached hydrogens (primary N) is 1. The molecule has 0 aromatic carbocycles. The van der Waals surface area contributed by atoms with Gasteiger partial charge < -0.3 is 15.5 Å². The molecule has 0 aliphatic carbocycles. The van der Waals surface area contributed by atoms with E-state index >= 15 is 0 Å². The molecule has 1 saturated heterocycles. The van der Waals surface area contributed by atoms with E-state index < -0.39 is 15.1 Å². The van der Waals surface area contributed by atoms with E-state index in [1.165, 1.54) is 6.92 Å². The number of carbonyl (C=O) groups excluding carboxylic acids is 1. The average Bonchev–Trinajstić information content (AvgIpc) is 2.61. The highest BCUT2D eigenvalue weighted by molar-refractivity contribution is 7.92. The molecule has 0 saturated carbocycles. The number of hydrogen-bond acceptors (Lipinski definition) is 5. The molecule has 0 spiro atoms. The first-order chi connectivity index (χ1) is 9.25. The van der Waals surface area contributed by atoms with Gasteiger partial charge in [0.15, 0.2) is 9.84 Å². The molecule has 6 nitrogen and oxygen atoms in total. The fraction of sp³-hybridized carbons (Fsp3) is 0.923. The fourth-order valence-corrected chi connectivity index (χ4v) is 2.84. The molecule has 2 atom stereocenters. The fourth-order valence-electron chi connectivity index (χ4n) is 2.33. The smallest absolute Gasteiger partial charge is 0.240 e. The molecule has 1 aliphatic heterocycles.